The zero-order chi connectivity index (χ0) is 18.6. The van der Waals surface area contributed by atoms with E-state index in [2.05, 4.69) is 10.6 Å². The number of hydrogen-bond acceptors (Lipinski definition) is 4. The SMILES string of the molecule is CCOC(=O)c1ccc(NC(=O)C2(C(=O)NC3CCCCC3)CC2)cc1. The van der Waals surface area contributed by atoms with E-state index in [4.69, 9.17) is 4.74 Å². The number of carbonyl (C=O) groups excluding carboxylic acids is 3. The van der Waals surface area contributed by atoms with E-state index in [1.165, 1.54) is 6.42 Å². The number of carbonyl (C=O) groups is 3. The van der Waals surface area contributed by atoms with Crippen molar-refractivity contribution in [2.75, 3.05) is 11.9 Å². The summed E-state index contributed by atoms with van der Waals surface area (Å²) in [5, 5.41) is 5.87. The van der Waals surface area contributed by atoms with Crippen molar-refractivity contribution in [2.24, 2.45) is 5.41 Å². The number of amides is 2. The Bertz CT molecular complexity index is 674. The molecule has 0 aliphatic heterocycles. The van der Waals surface area contributed by atoms with Crippen LogP contribution < -0.4 is 10.6 Å². The Hall–Kier alpha value is -2.37. The van der Waals surface area contributed by atoms with Crippen LogP contribution in [0.25, 0.3) is 0 Å². The van der Waals surface area contributed by atoms with Gasteiger partial charge >= 0.3 is 5.97 Å². The molecule has 2 aliphatic rings. The maximum atomic E-state index is 12.6. The lowest BCUT2D eigenvalue weighted by Gasteiger charge is -2.25. The van der Waals surface area contributed by atoms with E-state index in [1.54, 1.807) is 31.2 Å². The molecule has 3 rings (SSSR count). The van der Waals surface area contributed by atoms with Gasteiger partial charge in [0.25, 0.3) is 0 Å². The average Bonchev–Trinajstić information content (AvgIpc) is 3.45. The highest BCUT2D eigenvalue weighted by atomic mass is 16.5. The second-order valence-corrected chi connectivity index (χ2v) is 7.14. The van der Waals surface area contributed by atoms with Crippen molar-refractivity contribution in [3.05, 3.63) is 29.8 Å². The summed E-state index contributed by atoms with van der Waals surface area (Å²) in [7, 11) is 0. The van der Waals surface area contributed by atoms with Crippen molar-refractivity contribution < 1.29 is 19.1 Å². The second kappa shape index (κ2) is 7.89. The lowest BCUT2D eigenvalue weighted by Crippen LogP contribution is -2.45. The standard InChI is InChI=1S/C20H26N2O4/c1-2-26-17(23)14-8-10-16(11-9-14)22-19(25)20(12-13-20)18(24)21-15-6-4-3-5-7-15/h8-11,15H,2-7,12-13H2,1H3,(H,21,24)(H,22,25). The normalized spacial score (nSPS) is 18.7. The van der Waals surface area contributed by atoms with Gasteiger partial charge < -0.3 is 15.4 Å². The largest absolute Gasteiger partial charge is 0.462 e. The zero-order valence-corrected chi connectivity index (χ0v) is 15.2. The molecule has 0 unspecified atom stereocenters. The van der Waals surface area contributed by atoms with Gasteiger partial charge in [-0.15, -0.1) is 0 Å². The number of anilines is 1. The Morgan fingerprint density at radius 1 is 1.04 bits per heavy atom. The van der Waals surface area contributed by atoms with Gasteiger partial charge in [-0.05, 0) is 56.9 Å². The van der Waals surface area contributed by atoms with Crippen LogP contribution in [0.1, 0.15) is 62.2 Å². The van der Waals surface area contributed by atoms with Gasteiger partial charge in [0.05, 0.1) is 12.2 Å². The van der Waals surface area contributed by atoms with E-state index >= 15 is 0 Å². The van der Waals surface area contributed by atoms with Gasteiger partial charge in [-0.25, -0.2) is 4.79 Å². The van der Waals surface area contributed by atoms with Gasteiger partial charge in [0.15, 0.2) is 0 Å². The third-order valence-electron chi connectivity index (χ3n) is 5.21. The Labute approximate surface area is 153 Å². The van der Waals surface area contributed by atoms with Crippen LogP contribution in [0.5, 0.6) is 0 Å². The van der Waals surface area contributed by atoms with Crippen molar-refractivity contribution in [3.63, 3.8) is 0 Å². The maximum Gasteiger partial charge on any atom is 0.338 e. The number of nitrogens with one attached hydrogen (secondary N) is 2. The lowest BCUT2D eigenvalue weighted by molar-refractivity contribution is -0.135. The van der Waals surface area contributed by atoms with Crippen LogP contribution in [0.15, 0.2) is 24.3 Å². The van der Waals surface area contributed by atoms with E-state index < -0.39 is 11.4 Å². The van der Waals surface area contributed by atoms with Gasteiger partial charge in [0, 0.05) is 11.7 Å². The summed E-state index contributed by atoms with van der Waals surface area (Å²) >= 11 is 0. The fourth-order valence-electron chi connectivity index (χ4n) is 3.41. The van der Waals surface area contributed by atoms with Crippen LogP contribution in [-0.2, 0) is 14.3 Å². The number of ether oxygens (including phenoxy) is 1. The number of esters is 1. The maximum absolute atomic E-state index is 12.6. The lowest BCUT2D eigenvalue weighted by atomic mass is 9.94. The van der Waals surface area contributed by atoms with Crippen molar-refractivity contribution in [2.45, 2.75) is 57.9 Å². The number of rotatable bonds is 6. The smallest absolute Gasteiger partial charge is 0.338 e. The van der Waals surface area contributed by atoms with Gasteiger partial charge in [-0.2, -0.15) is 0 Å². The van der Waals surface area contributed by atoms with Crippen LogP contribution in [0.4, 0.5) is 5.69 Å². The molecule has 0 atom stereocenters. The fraction of sp³-hybridized carbons (Fsp3) is 0.550. The molecule has 0 aromatic heterocycles. The van der Waals surface area contributed by atoms with E-state index in [9.17, 15) is 14.4 Å². The summed E-state index contributed by atoms with van der Waals surface area (Å²) in [5.74, 6) is -0.810. The third kappa shape index (κ3) is 4.06. The molecule has 140 valence electrons. The van der Waals surface area contributed by atoms with Crippen molar-refractivity contribution in [1.82, 2.24) is 5.32 Å². The summed E-state index contributed by atoms with van der Waals surface area (Å²) in [6, 6.07) is 6.72. The highest BCUT2D eigenvalue weighted by Gasteiger charge is 2.56. The van der Waals surface area contributed by atoms with E-state index in [1.807, 2.05) is 0 Å². The van der Waals surface area contributed by atoms with Gasteiger partial charge in [-0.1, -0.05) is 19.3 Å². The molecule has 0 bridgehead atoms. The van der Waals surface area contributed by atoms with Crippen LogP contribution in [-0.4, -0.2) is 30.4 Å². The molecule has 0 spiro atoms. The van der Waals surface area contributed by atoms with Crippen LogP contribution in [0.3, 0.4) is 0 Å². The first kappa shape index (κ1) is 18.4. The van der Waals surface area contributed by atoms with E-state index in [0.717, 1.165) is 25.7 Å². The fourth-order valence-corrected chi connectivity index (χ4v) is 3.41. The molecule has 2 amide bonds. The molecule has 2 aliphatic carbocycles. The van der Waals surface area contributed by atoms with Crippen LogP contribution >= 0.6 is 0 Å². The van der Waals surface area contributed by atoms with E-state index in [-0.39, 0.29) is 17.9 Å². The molecule has 6 nitrogen and oxygen atoms in total. The van der Waals surface area contributed by atoms with E-state index in [0.29, 0.717) is 30.7 Å². The molecule has 0 saturated heterocycles. The summed E-state index contributed by atoms with van der Waals surface area (Å²) in [5.41, 5.74) is 0.0675. The first-order chi connectivity index (χ1) is 12.5. The molecule has 2 saturated carbocycles. The molecule has 0 heterocycles. The molecular formula is C20H26N2O4. The first-order valence-electron chi connectivity index (χ1n) is 9.45. The molecular weight excluding hydrogens is 332 g/mol. The Kier molecular flexibility index (Phi) is 5.59. The monoisotopic (exact) mass is 358 g/mol. The van der Waals surface area contributed by atoms with Gasteiger partial charge in [0.1, 0.15) is 5.41 Å². The second-order valence-electron chi connectivity index (χ2n) is 7.14. The first-order valence-corrected chi connectivity index (χ1v) is 9.45. The quantitative estimate of drug-likeness (QED) is 0.605. The minimum atomic E-state index is -0.933. The van der Waals surface area contributed by atoms with Crippen molar-refractivity contribution in [3.8, 4) is 0 Å². The molecule has 26 heavy (non-hydrogen) atoms. The molecule has 2 N–H and O–H groups in total. The Morgan fingerprint density at radius 2 is 1.69 bits per heavy atom. The molecule has 0 radical (unpaired) electrons. The average molecular weight is 358 g/mol. The summed E-state index contributed by atoms with van der Waals surface area (Å²) in [6.45, 7) is 2.07. The molecule has 1 aromatic carbocycles. The predicted molar refractivity (Wildman–Crippen MR) is 97.7 cm³/mol. The zero-order valence-electron chi connectivity index (χ0n) is 15.2. The topological polar surface area (TPSA) is 84.5 Å². The minimum absolute atomic E-state index is 0.148. The van der Waals surface area contributed by atoms with Gasteiger partial charge in [-0.3, -0.25) is 9.59 Å². The predicted octanol–water partition coefficient (Wildman–Crippen LogP) is 3.03. The minimum Gasteiger partial charge on any atom is -0.462 e. The molecule has 6 heteroatoms. The Balaban J connectivity index is 1.58. The number of hydrogen-bond donors (Lipinski definition) is 2. The number of benzene rings is 1. The van der Waals surface area contributed by atoms with Gasteiger partial charge in [0.2, 0.25) is 11.8 Å². The third-order valence-corrected chi connectivity index (χ3v) is 5.21. The summed E-state index contributed by atoms with van der Waals surface area (Å²) in [6.07, 6.45) is 6.65. The summed E-state index contributed by atoms with van der Waals surface area (Å²) in [4.78, 5) is 36.9. The van der Waals surface area contributed by atoms with Crippen LogP contribution in [0.2, 0.25) is 0 Å². The molecule has 2 fully saturated rings. The summed E-state index contributed by atoms with van der Waals surface area (Å²) < 4.78 is 4.94. The van der Waals surface area contributed by atoms with Crippen LogP contribution in [0, 0.1) is 5.41 Å². The van der Waals surface area contributed by atoms with Crippen molar-refractivity contribution >= 4 is 23.5 Å². The van der Waals surface area contributed by atoms with Crippen molar-refractivity contribution in [1.29, 1.82) is 0 Å². The molecule has 1 aromatic rings. The highest BCUT2D eigenvalue weighted by molar-refractivity contribution is 6.13. The Morgan fingerprint density at radius 3 is 2.27 bits per heavy atom. The highest BCUT2D eigenvalue weighted by Crippen LogP contribution is 2.47.